The summed E-state index contributed by atoms with van der Waals surface area (Å²) in [7, 11) is 3.84. The molecule has 21 heavy (non-hydrogen) atoms. The van der Waals surface area contributed by atoms with E-state index in [0.29, 0.717) is 5.95 Å². The SMILES string of the molecule is CN(C)c1ncc(-c2nccn2CCn2ccnc2)cn1. The minimum absolute atomic E-state index is 0.690. The zero-order chi connectivity index (χ0) is 14.7. The molecule has 0 radical (unpaired) electrons. The first kappa shape index (κ1) is 13.3. The molecule has 0 aliphatic rings. The van der Waals surface area contributed by atoms with Gasteiger partial charge in [-0.1, -0.05) is 0 Å². The van der Waals surface area contributed by atoms with Crippen LogP contribution < -0.4 is 4.90 Å². The first-order chi connectivity index (χ1) is 10.2. The normalized spacial score (nSPS) is 10.8. The summed E-state index contributed by atoms with van der Waals surface area (Å²) in [5.41, 5.74) is 0.913. The van der Waals surface area contributed by atoms with E-state index in [1.807, 2.05) is 42.3 Å². The number of nitrogens with zero attached hydrogens (tertiary/aromatic N) is 7. The maximum Gasteiger partial charge on any atom is 0.224 e. The highest BCUT2D eigenvalue weighted by atomic mass is 15.2. The predicted molar refractivity (Wildman–Crippen MR) is 79.8 cm³/mol. The molecular formula is C14H17N7. The summed E-state index contributed by atoms with van der Waals surface area (Å²) in [5, 5.41) is 0. The number of aryl methyl sites for hydroxylation is 2. The molecule has 0 atom stereocenters. The standard InChI is InChI=1S/C14H17N7/c1-19(2)14-17-9-12(10-18-14)13-16-4-6-21(13)8-7-20-5-3-15-11-20/h3-6,9-11H,7-8H2,1-2H3. The fourth-order valence-electron chi connectivity index (χ4n) is 2.06. The van der Waals surface area contributed by atoms with E-state index in [4.69, 9.17) is 0 Å². The highest BCUT2D eigenvalue weighted by Crippen LogP contribution is 2.16. The summed E-state index contributed by atoms with van der Waals surface area (Å²) in [6.45, 7) is 1.67. The summed E-state index contributed by atoms with van der Waals surface area (Å²) in [4.78, 5) is 19.0. The van der Waals surface area contributed by atoms with Gasteiger partial charge in [0.2, 0.25) is 5.95 Å². The molecule has 0 bridgehead atoms. The highest BCUT2D eigenvalue weighted by Gasteiger charge is 2.08. The van der Waals surface area contributed by atoms with Crippen LogP contribution in [0.5, 0.6) is 0 Å². The molecule has 0 spiro atoms. The number of hydrogen-bond donors (Lipinski definition) is 0. The van der Waals surface area contributed by atoms with Crippen LogP contribution in [0.25, 0.3) is 11.4 Å². The van der Waals surface area contributed by atoms with Crippen LogP contribution >= 0.6 is 0 Å². The Morgan fingerprint density at radius 2 is 1.81 bits per heavy atom. The molecule has 3 aromatic heterocycles. The first-order valence-electron chi connectivity index (χ1n) is 6.70. The molecular weight excluding hydrogens is 266 g/mol. The highest BCUT2D eigenvalue weighted by molar-refractivity contribution is 5.53. The Morgan fingerprint density at radius 3 is 2.48 bits per heavy atom. The van der Waals surface area contributed by atoms with Gasteiger partial charge in [-0.05, 0) is 0 Å². The molecule has 0 aromatic carbocycles. The fourth-order valence-corrected chi connectivity index (χ4v) is 2.06. The van der Waals surface area contributed by atoms with Crippen molar-refractivity contribution in [3.63, 3.8) is 0 Å². The zero-order valence-corrected chi connectivity index (χ0v) is 12.1. The lowest BCUT2D eigenvalue weighted by Gasteiger charge is -2.11. The van der Waals surface area contributed by atoms with Gasteiger partial charge in [-0.25, -0.2) is 19.9 Å². The third kappa shape index (κ3) is 2.91. The first-order valence-corrected chi connectivity index (χ1v) is 6.70. The third-order valence-corrected chi connectivity index (χ3v) is 3.17. The maximum atomic E-state index is 4.41. The quantitative estimate of drug-likeness (QED) is 0.706. The maximum absolute atomic E-state index is 4.41. The molecule has 0 unspecified atom stereocenters. The second-order valence-corrected chi connectivity index (χ2v) is 4.91. The largest absolute Gasteiger partial charge is 0.347 e. The lowest BCUT2D eigenvalue weighted by molar-refractivity contribution is 0.582. The predicted octanol–water partition coefficient (Wildman–Crippen LogP) is 1.30. The van der Waals surface area contributed by atoms with Gasteiger partial charge in [-0.3, -0.25) is 0 Å². The Labute approximate surface area is 122 Å². The molecule has 0 saturated carbocycles. The second-order valence-electron chi connectivity index (χ2n) is 4.91. The van der Waals surface area contributed by atoms with Crippen LogP contribution in [-0.4, -0.2) is 43.2 Å². The van der Waals surface area contributed by atoms with Crippen molar-refractivity contribution in [1.29, 1.82) is 0 Å². The van der Waals surface area contributed by atoms with Gasteiger partial charge in [0.15, 0.2) is 0 Å². The van der Waals surface area contributed by atoms with Gasteiger partial charge in [-0.15, -0.1) is 0 Å². The second kappa shape index (κ2) is 5.74. The summed E-state index contributed by atoms with van der Waals surface area (Å²) in [6.07, 6.45) is 12.9. The molecule has 0 fully saturated rings. The van der Waals surface area contributed by atoms with Gasteiger partial charge in [0.1, 0.15) is 5.82 Å². The zero-order valence-electron chi connectivity index (χ0n) is 12.1. The van der Waals surface area contributed by atoms with E-state index in [1.165, 1.54) is 0 Å². The van der Waals surface area contributed by atoms with Crippen LogP contribution in [0, 0.1) is 0 Å². The summed E-state index contributed by atoms with van der Waals surface area (Å²) < 4.78 is 4.13. The van der Waals surface area contributed by atoms with Crippen molar-refractivity contribution in [1.82, 2.24) is 29.1 Å². The lowest BCUT2D eigenvalue weighted by atomic mass is 10.3. The summed E-state index contributed by atoms with van der Waals surface area (Å²) >= 11 is 0. The summed E-state index contributed by atoms with van der Waals surface area (Å²) in [6, 6.07) is 0. The molecule has 3 aromatic rings. The number of imidazole rings is 2. The average Bonchev–Trinajstić information content (AvgIpc) is 3.16. The number of hydrogen-bond acceptors (Lipinski definition) is 5. The van der Waals surface area contributed by atoms with E-state index in [9.17, 15) is 0 Å². The van der Waals surface area contributed by atoms with Gasteiger partial charge in [0.05, 0.1) is 11.9 Å². The molecule has 0 N–H and O–H groups in total. The monoisotopic (exact) mass is 283 g/mol. The van der Waals surface area contributed by atoms with Gasteiger partial charge in [0.25, 0.3) is 0 Å². The van der Waals surface area contributed by atoms with Gasteiger partial charge >= 0.3 is 0 Å². The number of anilines is 1. The van der Waals surface area contributed by atoms with E-state index >= 15 is 0 Å². The van der Waals surface area contributed by atoms with Crippen LogP contribution in [-0.2, 0) is 13.1 Å². The van der Waals surface area contributed by atoms with Gasteiger partial charge in [-0.2, -0.15) is 0 Å². The smallest absolute Gasteiger partial charge is 0.224 e. The summed E-state index contributed by atoms with van der Waals surface area (Å²) in [5.74, 6) is 1.57. The molecule has 0 amide bonds. The van der Waals surface area contributed by atoms with Crippen molar-refractivity contribution >= 4 is 5.95 Å². The fraction of sp³-hybridized carbons (Fsp3) is 0.286. The molecule has 7 nitrogen and oxygen atoms in total. The Morgan fingerprint density at radius 1 is 1.00 bits per heavy atom. The van der Waals surface area contributed by atoms with Crippen molar-refractivity contribution in [2.24, 2.45) is 0 Å². The van der Waals surface area contributed by atoms with Gasteiger partial charge < -0.3 is 14.0 Å². The Bertz CT molecular complexity index is 682. The van der Waals surface area contributed by atoms with Crippen molar-refractivity contribution < 1.29 is 0 Å². The van der Waals surface area contributed by atoms with E-state index in [1.54, 1.807) is 24.8 Å². The van der Waals surface area contributed by atoms with E-state index in [2.05, 4.69) is 24.5 Å². The van der Waals surface area contributed by atoms with Crippen LogP contribution in [0.3, 0.4) is 0 Å². The topological polar surface area (TPSA) is 64.7 Å². The molecule has 7 heteroatoms. The van der Waals surface area contributed by atoms with Crippen molar-refractivity contribution in [3.05, 3.63) is 43.5 Å². The third-order valence-electron chi connectivity index (χ3n) is 3.17. The van der Waals surface area contributed by atoms with E-state index < -0.39 is 0 Å². The van der Waals surface area contributed by atoms with Crippen molar-refractivity contribution in [2.75, 3.05) is 19.0 Å². The number of aromatic nitrogens is 6. The molecule has 0 aliphatic heterocycles. The van der Waals surface area contributed by atoms with Crippen LogP contribution in [0.2, 0.25) is 0 Å². The number of rotatable bonds is 5. The average molecular weight is 283 g/mol. The van der Waals surface area contributed by atoms with Crippen LogP contribution in [0.15, 0.2) is 43.5 Å². The van der Waals surface area contributed by atoms with Crippen LogP contribution in [0.4, 0.5) is 5.95 Å². The van der Waals surface area contributed by atoms with Crippen molar-refractivity contribution in [3.8, 4) is 11.4 Å². The minimum Gasteiger partial charge on any atom is -0.347 e. The Balaban J connectivity index is 1.78. The molecule has 0 aliphatic carbocycles. The van der Waals surface area contributed by atoms with Crippen LogP contribution in [0.1, 0.15) is 0 Å². The molecule has 3 heterocycles. The lowest BCUT2D eigenvalue weighted by Crippen LogP contribution is -2.12. The molecule has 108 valence electrons. The molecule has 0 saturated heterocycles. The van der Waals surface area contributed by atoms with Crippen molar-refractivity contribution in [2.45, 2.75) is 13.1 Å². The minimum atomic E-state index is 0.690. The van der Waals surface area contributed by atoms with E-state index in [-0.39, 0.29) is 0 Å². The van der Waals surface area contributed by atoms with E-state index in [0.717, 1.165) is 24.5 Å². The van der Waals surface area contributed by atoms with Gasteiger partial charge in [0, 0.05) is 64.4 Å². The Kier molecular flexibility index (Phi) is 3.63. The molecule has 3 rings (SSSR count). The Hall–Kier alpha value is -2.70.